The summed E-state index contributed by atoms with van der Waals surface area (Å²) in [4.78, 5) is 26.7. The topological polar surface area (TPSA) is 72.9 Å². The number of para-hydroxylation sites is 1. The van der Waals surface area contributed by atoms with E-state index in [1.807, 2.05) is 37.4 Å². The first-order chi connectivity index (χ1) is 10.6. The second kappa shape index (κ2) is 7.68. The molecule has 1 aliphatic rings. The third-order valence-electron chi connectivity index (χ3n) is 4.05. The highest BCUT2D eigenvalue weighted by atomic mass is 16.4. The zero-order valence-corrected chi connectivity index (χ0v) is 12.9. The number of hydrogen-bond donors (Lipinski definition) is 2. The summed E-state index contributed by atoms with van der Waals surface area (Å²) in [7, 11) is 1.99. The summed E-state index contributed by atoms with van der Waals surface area (Å²) in [6.07, 6.45) is 1.07. The molecular formula is C16H23N3O3. The molecule has 22 heavy (non-hydrogen) atoms. The van der Waals surface area contributed by atoms with Crippen molar-refractivity contribution in [3.8, 4) is 0 Å². The summed E-state index contributed by atoms with van der Waals surface area (Å²) >= 11 is 0. The first-order valence-corrected chi connectivity index (χ1v) is 7.59. The van der Waals surface area contributed by atoms with Crippen molar-refractivity contribution < 1.29 is 14.7 Å². The molecule has 0 spiro atoms. The first kappa shape index (κ1) is 16.1. The predicted octanol–water partition coefficient (Wildman–Crippen LogP) is 1.63. The lowest BCUT2D eigenvalue weighted by Crippen LogP contribution is -2.46. The Kier molecular flexibility index (Phi) is 5.63. The lowest BCUT2D eigenvalue weighted by Gasteiger charge is -2.30. The molecule has 2 N–H and O–H groups in total. The van der Waals surface area contributed by atoms with E-state index in [-0.39, 0.29) is 11.9 Å². The van der Waals surface area contributed by atoms with Crippen LogP contribution in [-0.4, -0.2) is 55.2 Å². The number of likely N-dealkylation sites (tertiary alicyclic amines) is 1. The van der Waals surface area contributed by atoms with Crippen molar-refractivity contribution in [2.24, 2.45) is 5.92 Å². The minimum atomic E-state index is -0.760. The second-order valence-corrected chi connectivity index (χ2v) is 5.59. The maximum absolute atomic E-state index is 12.0. The largest absolute Gasteiger partial charge is 0.481 e. The van der Waals surface area contributed by atoms with E-state index in [9.17, 15) is 9.59 Å². The van der Waals surface area contributed by atoms with Crippen molar-refractivity contribution in [3.63, 3.8) is 0 Å². The van der Waals surface area contributed by atoms with E-state index in [4.69, 9.17) is 5.11 Å². The zero-order chi connectivity index (χ0) is 15.9. The van der Waals surface area contributed by atoms with Gasteiger partial charge in [-0.1, -0.05) is 18.2 Å². The third-order valence-corrected chi connectivity index (χ3v) is 4.05. The van der Waals surface area contributed by atoms with Crippen molar-refractivity contribution in [3.05, 3.63) is 30.3 Å². The number of likely N-dealkylation sites (N-methyl/N-ethyl adjacent to an activating group) is 1. The Morgan fingerprint density at radius 3 is 2.50 bits per heavy atom. The summed E-state index contributed by atoms with van der Waals surface area (Å²) in [5, 5.41) is 11.8. The maximum atomic E-state index is 12.0. The van der Waals surface area contributed by atoms with Crippen molar-refractivity contribution in [1.29, 1.82) is 0 Å². The molecule has 0 atom stereocenters. The quantitative estimate of drug-likeness (QED) is 0.867. The molecule has 1 fully saturated rings. The van der Waals surface area contributed by atoms with E-state index in [1.54, 1.807) is 4.90 Å². The maximum Gasteiger partial charge on any atom is 0.317 e. The third kappa shape index (κ3) is 4.38. The monoisotopic (exact) mass is 305 g/mol. The van der Waals surface area contributed by atoms with Crippen LogP contribution >= 0.6 is 0 Å². The predicted molar refractivity (Wildman–Crippen MR) is 85.0 cm³/mol. The lowest BCUT2D eigenvalue weighted by molar-refractivity contribution is -0.143. The van der Waals surface area contributed by atoms with Gasteiger partial charge in [0.1, 0.15) is 0 Å². The van der Waals surface area contributed by atoms with Crippen molar-refractivity contribution in [2.45, 2.75) is 12.8 Å². The molecule has 6 heteroatoms. The van der Waals surface area contributed by atoms with Crippen LogP contribution in [0.4, 0.5) is 10.5 Å². The number of piperidine rings is 1. The molecule has 1 aromatic carbocycles. The molecule has 1 saturated heterocycles. The van der Waals surface area contributed by atoms with Crippen molar-refractivity contribution >= 4 is 17.7 Å². The highest BCUT2D eigenvalue weighted by Crippen LogP contribution is 2.17. The van der Waals surface area contributed by atoms with Gasteiger partial charge in [0, 0.05) is 38.9 Å². The van der Waals surface area contributed by atoms with Gasteiger partial charge >= 0.3 is 12.0 Å². The molecule has 0 radical (unpaired) electrons. The zero-order valence-electron chi connectivity index (χ0n) is 12.9. The minimum absolute atomic E-state index is 0.106. The number of nitrogens with zero attached hydrogens (tertiary/aromatic N) is 2. The molecule has 1 aliphatic heterocycles. The number of carbonyl (C=O) groups is 2. The van der Waals surface area contributed by atoms with E-state index in [0.29, 0.717) is 32.5 Å². The van der Waals surface area contributed by atoms with Crippen LogP contribution in [0.3, 0.4) is 0 Å². The Bertz CT molecular complexity index is 499. The lowest BCUT2D eigenvalue weighted by atomic mass is 9.97. The number of urea groups is 1. The van der Waals surface area contributed by atoms with E-state index in [0.717, 1.165) is 12.2 Å². The van der Waals surface area contributed by atoms with Gasteiger partial charge in [0.25, 0.3) is 0 Å². The summed E-state index contributed by atoms with van der Waals surface area (Å²) in [6.45, 7) is 2.30. The van der Waals surface area contributed by atoms with Gasteiger partial charge in [0.05, 0.1) is 5.92 Å². The van der Waals surface area contributed by atoms with Gasteiger partial charge < -0.3 is 20.2 Å². The van der Waals surface area contributed by atoms with Crippen LogP contribution in [0.1, 0.15) is 12.8 Å². The van der Waals surface area contributed by atoms with Gasteiger partial charge in [0.15, 0.2) is 0 Å². The fraction of sp³-hybridized carbons (Fsp3) is 0.500. The molecule has 0 aliphatic carbocycles. The molecule has 120 valence electrons. The van der Waals surface area contributed by atoms with Crippen LogP contribution < -0.4 is 10.2 Å². The Hall–Kier alpha value is -2.24. The number of nitrogens with one attached hydrogen (secondary N) is 1. The smallest absolute Gasteiger partial charge is 0.317 e. The van der Waals surface area contributed by atoms with Crippen LogP contribution in [0.15, 0.2) is 30.3 Å². The van der Waals surface area contributed by atoms with Crippen LogP contribution in [0.5, 0.6) is 0 Å². The molecule has 2 rings (SSSR count). The van der Waals surface area contributed by atoms with Crippen LogP contribution in [0, 0.1) is 5.92 Å². The number of carboxylic acid groups (broad SMARTS) is 1. The van der Waals surface area contributed by atoms with Gasteiger partial charge in [-0.05, 0) is 25.0 Å². The highest BCUT2D eigenvalue weighted by Gasteiger charge is 2.26. The Morgan fingerprint density at radius 1 is 1.27 bits per heavy atom. The number of carbonyl (C=O) groups excluding carboxylic acids is 1. The molecule has 0 aromatic heterocycles. The average molecular weight is 305 g/mol. The number of aliphatic carboxylic acids is 1. The summed E-state index contributed by atoms with van der Waals surface area (Å²) in [5.74, 6) is -1.07. The van der Waals surface area contributed by atoms with Gasteiger partial charge in [-0.15, -0.1) is 0 Å². The van der Waals surface area contributed by atoms with Gasteiger partial charge in [0.2, 0.25) is 0 Å². The number of anilines is 1. The normalized spacial score (nSPS) is 15.4. The summed E-state index contributed by atoms with van der Waals surface area (Å²) in [6, 6.07) is 9.88. The van der Waals surface area contributed by atoms with E-state index in [2.05, 4.69) is 10.2 Å². The number of benzene rings is 1. The first-order valence-electron chi connectivity index (χ1n) is 7.59. The second-order valence-electron chi connectivity index (χ2n) is 5.59. The summed E-state index contributed by atoms with van der Waals surface area (Å²) in [5.41, 5.74) is 1.11. The van der Waals surface area contributed by atoms with Crippen LogP contribution in [-0.2, 0) is 4.79 Å². The molecule has 0 bridgehead atoms. The molecule has 1 heterocycles. The fourth-order valence-corrected chi connectivity index (χ4v) is 2.58. The van der Waals surface area contributed by atoms with Crippen LogP contribution in [0.2, 0.25) is 0 Å². The fourth-order valence-electron chi connectivity index (χ4n) is 2.58. The Morgan fingerprint density at radius 2 is 1.91 bits per heavy atom. The standard InChI is InChI=1S/C16H23N3O3/c1-18(14-5-3-2-4-6-14)12-9-17-16(22)19-10-7-13(8-11-19)15(20)21/h2-6,13H,7-12H2,1H3,(H,17,22)(H,20,21). The molecule has 1 aromatic rings. The molecule has 2 amide bonds. The highest BCUT2D eigenvalue weighted by molar-refractivity contribution is 5.75. The van der Waals surface area contributed by atoms with E-state index < -0.39 is 5.97 Å². The van der Waals surface area contributed by atoms with Gasteiger partial charge in [-0.3, -0.25) is 4.79 Å². The minimum Gasteiger partial charge on any atom is -0.481 e. The Labute approximate surface area is 130 Å². The van der Waals surface area contributed by atoms with Crippen molar-refractivity contribution in [2.75, 3.05) is 38.1 Å². The van der Waals surface area contributed by atoms with Gasteiger partial charge in [-0.25, -0.2) is 4.79 Å². The Balaban J connectivity index is 1.69. The molecule has 0 unspecified atom stereocenters. The number of hydrogen-bond acceptors (Lipinski definition) is 3. The SMILES string of the molecule is CN(CCNC(=O)N1CCC(C(=O)O)CC1)c1ccccc1. The molecular weight excluding hydrogens is 282 g/mol. The molecule has 6 nitrogen and oxygen atoms in total. The summed E-state index contributed by atoms with van der Waals surface area (Å²) < 4.78 is 0. The average Bonchev–Trinajstić information content (AvgIpc) is 2.55. The van der Waals surface area contributed by atoms with Crippen LogP contribution in [0.25, 0.3) is 0 Å². The number of amides is 2. The van der Waals surface area contributed by atoms with Crippen molar-refractivity contribution in [1.82, 2.24) is 10.2 Å². The van der Waals surface area contributed by atoms with Gasteiger partial charge in [-0.2, -0.15) is 0 Å². The van der Waals surface area contributed by atoms with E-state index >= 15 is 0 Å². The number of carboxylic acids is 1. The van der Waals surface area contributed by atoms with E-state index in [1.165, 1.54) is 0 Å². The molecule has 0 saturated carbocycles. The number of rotatable bonds is 5.